The third kappa shape index (κ3) is 6.63. The van der Waals surface area contributed by atoms with Crippen LogP contribution in [0, 0.1) is 0 Å². The molecule has 0 radical (unpaired) electrons. The predicted molar refractivity (Wildman–Crippen MR) is 76.6 cm³/mol. The van der Waals surface area contributed by atoms with Gasteiger partial charge in [0.25, 0.3) is 0 Å². The minimum absolute atomic E-state index is 0.0972. The minimum Gasteiger partial charge on any atom is -0.493 e. The average Bonchev–Trinajstić information content (AvgIpc) is 2.44. The molecule has 6 nitrogen and oxygen atoms in total. The van der Waals surface area contributed by atoms with Gasteiger partial charge in [0.15, 0.2) is 0 Å². The molecule has 0 saturated carbocycles. The molecule has 0 spiro atoms. The smallest absolute Gasteiger partial charge is 0.316 e. The van der Waals surface area contributed by atoms with Crippen LogP contribution in [0.4, 0.5) is 4.79 Å². The number of urea groups is 1. The highest BCUT2D eigenvalue weighted by molar-refractivity contribution is 5.76. The number of hydrogen-bond donors (Lipinski definition) is 2. The van der Waals surface area contributed by atoms with Crippen molar-refractivity contribution >= 4 is 11.9 Å². The molecule has 0 aromatic heterocycles. The highest BCUT2D eigenvalue weighted by atomic mass is 16.5. The van der Waals surface area contributed by atoms with E-state index in [9.17, 15) is 9.59 Å². The summed E-state index contributed by atoms with van der Waals surface area (Å²) in [5.74, 6) is 0.651. The molecule has 0 unspecified atom stereocenters. The van der Waals surface area contributed by atoms with Crippen molar-refractivity contribution in [2.24, 2.45) is 0 Å². The lowest BCUT2D eigenvalue weighted by molar-refractivity contribution is -0.121. The standard InChI is InChI=1S/C14H21N3O3/c1-17(2)14(19)16-10-9-15-13(18)8-11-20-12-6-4-3-5-7-12/h3-7H,8-11H2,1-2H3,(H,15,18)(H,16,19). The Balaban J connectivity index is 2.05. The predicted octanol–water partition coefficient (Wildman–Crippen LogP) is 0.843. The van der Waals surface area contributed by atoms with E-state index in [2.05, 4.69) is 10.6 Å². The summed E-state index contributed by atoms with van der Waals surface area (Å²) in [7, 11) is 3.32. The Morgan fingerprint density at radius 2 is 1.75 bits per heavy atom. The molecule has 0 atom stereocenters. The van der Waals surface area contributed by atoms with Crippen molar-refractivity contribution in [1.29, 1.82) is 0 Å². The summed E-state index contributed by atoms with van der Waals surface area (Å²) in [5, 5.41) is 5.37. The number of para-hydroxylation sites is 1. The zero-order valence-electron chi connectivity index (χ0n) is 11.9. The number of amides is 3. The quantitative estimate of drug-likeness (QED) is 0.727. The van der Waals surface area contributed by atoms with Gasteiger partial charge >= 0.3 is 6.03 Å². The van der Waals surface area contributed by atoms with Gasteiger partial charge in [-0.15, -0.1) is 0 Å². The van der Waals surface area contributed by atoms with Gasteiger partial charge < -0.3 is 20.3 Å². The molecule has 1 rings (SSSR count). The zero-order chi connectivity index (χ0) is 14.8. The fraction of sp³-hybridized carbons (Fsp3) is 0.429. The summed E-state index contributed by atoms with van der Waals surface area (Å²) in [6.07, 6.45) is 0.288. The first kappa shape index (κ1) is 15.8. The topological polar surface area (TPSA) is 70.7 Å². The fourth-order valence-electron chi connectivity index (χ4n) is 1.40. The molecule has 1 aromatic carbocycles. The highest BCUT2D eigenvalue weighted by Crippen LogP contribution is 2.08. The van der Waals surface area contributed by atoms with E-state index in [1.807, 2.05) is 30.3 Å². The second-order valence-electron chi connectivity index (χ2n) is 4.39. The number of carbonyl (C=O) groups excluding carboxylic acids is 2. The lowest BCUT2D eigenvalue weighted by Crippen LogP contribution is -2.39. The molecule has 0 bridgehead atoms. The molecule has 2 N–H and O–H groups in total. The van der Waals surface area contributed by atoms with Crippen molar-refractivity contribution in [2.45, 2.75) is 6.42 Å². The number of ether oxygens (including phenoxy) is 1. The maximum absolute atomic E-state index is 11.5. The van der Waals surface area contributed by atoms with E-state index in [1.165, 1.54) is 4.90 Å². The SMILES string of the molecule is CN(C)C(=O)NCCNC(=O)CCOc1ccccc1. The van der Waals surface area contributed by atoms with Crippen molar-refractivity contribution in [3.63, 3.8) is 0 Å². The van der Waals surface area contributed by atoms with E-state index in [-0.39, 0.29) is 18.4 Å². The van der Waals surface area contributed by atoms with E-state index < -0.39 is 0 Å². The van der Waals surface area contributed by atoms with Gasteiger partial charge in [0.2, 0.25) is 5.91 Å². The van der Waals surface area contributed by atoms with Crippen LogP contribution >= 0.6 is 0 Å². The van der Waals surface area contributed by atoms with Crippen molar-refractivity contribution in [1.82, 2.24) is 15.5 Å². The van der Waals surface area contributed by atoms with Gasteiger partial charge in [0.05, 0.1) is 13.0 Å². The summed E-state index contributed by atoms with van der Waals surface area (Å²) in [6, 6.07) is 9.17. The Morgan fingerprint density at radius 3 is 2.40 bits per heavy atom. The second kappa shape index (κ2) is 8.79. The Bertz CT molecular complexity index is 421. The maximum atomic E-state index is 11.5. The summed E-state index contributed by atoms with van der Waals surface area (Å²) < 4.78 is 5.42. The van der Waals surface area contributed by atoms with Gasteiger partial charge in [0, 0.05) is 27.2 Å². The van der Waals surface area contributed by atoms with Crippen LogP contribution in [-0.2, 0) is 4.79 Å². The molecule has 0 fully saturated rings. The first-order valence-corrected chi connectivity index (χ1v) is 6.49. The third-order valence-electron chi connectivity index (χ3n) is 2.47. The lowest BCUT2D eigenvalue weighted by Gasteiger charge is -2.12. The molecule has 0 aliphatic carbocycles. The molecule has 0 aliphatic heterocycles. The van der Waals surface area contributed by atoms with Gasteiger partial charge in [0.1, 0.15) is 5.75 Å². The molecular weight excluding hydrogens is 258 g/mol. The van der Waals surface area contributed by atoms with Crippen LogP contribution in [0.25, 0.3) is 0 Å². The molecule has 0 aliphatic rings. The molecule has 0 heterocycles. The van der Waals surface area contributed by atoms with Crippen LogP contribution < -0.4 is 15.4 Å². The van der Waals surface area contributed by atoms with E-state index >= 15 is 0 Å². The molecule has 0 saturated heterocycles. The van der Waals surface area contributed by atoms with Crippen molar-refractivity contribution in [3.8, 4) is 5.75 Å². The minimum atomic E-state index is -0.174. The van der Waals surface area contributed by atoms with Gasteiger partial charge in [-0.1, -0.05) is 18.2 Å². The molecule has 3 amide bonds. The number of nitrogens with zero attached hydrogens (tertiary/aromatic N) is 1. The molecule has 20 heavy (non-hydrogen) atoms. The van der Waals surface area contributed by atoms with E-state index in [1.54, 1.807) is 14.1 Å². The van der Waals surface area contributed by atoms with Crippen LogP contribution in [-0.4, -0.2) is 50.6 Å². The van der Waals surface area contributed by atoms with Crippen molar-refractivity contribution < 1.29 is 14.3 Å². The Kier molecular flexibility index (Phi) is 6.95. The zero-order valence-corrected chi connectivity index (χ0v) is 11.9. The Morgan fingerprint density at radius 1 is 1.10 bits per heavy atom. The second-order valence-corrected chi connectivity index (χ2v) is 4.39. The number of rotatable bonds is 7. The Labute approximate surface area is 119 Å². The molecule has 110 valence electrons. The first-order valence-electron chi connectivity index (χ1n) is 6.49. The monoisotopic (exact) mass is 279 g/mol. The normalized spacial score (nSPS) is 9.70. The number of nitrogens with one attached hydrogen (secondary N) is 2. The van der Waals surface area contributed by atoms with Gasteiger partial charge in [-0.2, -0.15) is 0 Å². The van der Waals surface area contributed by atoms with Crippen LogP contribution in [0.3, 0.4) is 0 Å². The Hall–Kier alpha value is -2.24. The molecule has 1 aromatic rings. The number of benzene rings is 1. The van der Waals surface area contributed by atoms with E-state index in [4.69, 9.17) is 4.74 Å². The lowest BCUT2D eigenvalue weighted by atomic mass is 10.3. The third-order valence-corrected chi connectivity index (χ3v) is 2.47. The van der Waals surface area contributed by atoms with Crippen LogP contribution in [0.2, 0.25) is 0 Å². The number of hydrogen-bond acceptors (Lipinski definition) is 3. The van der Waals surface area contributed by atoms with Gasteiger partial charge in [-0.05, 0) is 12.1 Å². The summed E-state index contributed by atoms with van der Waals surface area (Å²) in [6.45, 7) is 1.14. The van der Waals surface area contributed by atoms with Crippen molar-refractivity contribution in [2.75, 3.05) is 33.8 Å². The van der Waals surface area contributed by atoms with E-state index in [0.29, 0.717) is 19.7 Å². The molecule has 6 heteroatoms. The fourth-order valence-corrected chi connectivity index (χ4v) is 1.40. The van der Waals surface area contributed by atoms with Crippen molar-refractivity contribution in [3.05, 3.63) is 30.3 Å². The summed E-state index contributed by atoms with van der Waals surface area (Å²) in [5.41, 5.74) is 0. The first-order chi connectivity index (χ1) is 9.59. The van der Waals surface area contributed by atoms with Crippen LogP contribution in [0.15, 0.2) is 30.3 Å². The average molecular weight is 279 g/mol. The van der Waals surface area contributed by atoms with E-state index in [0.717, 1.165) is 5.75 Å². The van der Waals surface area contributed by atoms with Gasteiger partial charge in [-0.25, -0.2) is 4.79 Å². The van der Waals surface area contributed by atoms with Gasteiger partial charge in [-0.3, -0.25) is 4.79 Å². The molecular formula is C14H21N3O3. The van der Waals surface area contributed by atoms with Crippen LogP contribution in [0.1, 0.15) is 6.42 Å². The largest absolute Gasteiger partial charge is 0.493 e. The van der Waals surface area contributed by atoms with Crippen LogP contribution in [0.5, 0.6) is 5.75 Å². The maximum Gasteiger partial charge on any atom is 0.316 e. The summed E-state index contributed by atoms with van der Waals surface area (Å²) >= 11 is 0. The number of carbonyl (C=O) groups is 2. The highest BCUT2D eigenvalue weighted by Gasteiger charge is 2.03. The summed E-state index contributed by atoms with van der Waals surface area (Å²) in [4.78, 5) is 24.1.